The van der Waals surface area contributed by atoms with Crippen molar-refractivity contribution in [3.63, 3.8) is 0 Å². The molecule has 4 nitrogen and oxygen atoms in total. The lowest BCUT2D eigenvalue weighted by molar-refractivity contribution is 0.420. The first-order valence-electron chi connectivity index (χ1n) is 7.87. The molecular weight excluding hydrogens is 284 g/mol. The Morgan fingerprint density at radius 1 is 1.24 bits per heavy atom. The molecule has 0 spiro atoms. The molecule has 2 aliphatic carbocycles. The molecule has 5 heteroatoms. The predicted octanol–water partition coefficient (Wildman–Crippen LogP) is 2.42. The summed E-state index contributed by atoms with van der Waals surface area (Å²) in [4.78, 5) is 0.478. The number of benzene rings is 1. The molecule has 1 aromatic rings. The van der Waals surface area contributed by atoms with Crippen LogP contribution in [0.1, 0.15) is 43.7 Å². The number of nitrogens with zero attached hydrogens (tertiary/aromatic N) is 1. The minimum Gasteiger partial charge on any atom is -0.310 e. The standard InChI is InChI=1S/C16H24N2O2S/c1-3-18(15-9-10-15)21(19,20)16-6-4-5-13(12(16)2)11-17-14-7-8-14/h4-6,14-15,17H,3,7-11H2,1-2H3. The molecule has 0 radical (unpaired) electrons. The maximum Gasteiger partial charge on any atom is 0.243 e. The molecule has 0 heterocycles. The Bertz CT molecular complexity index is 619. The van der Waals surface area contributed by atoms with Crippen molar-refractivity contribution in [2.45, 2.75) is 63.1 Å². The van der Waals surface area contributed by atoms with Crippen molar-refractivity contribution >= 4 is 10.0 Å². The Morgan fingerprint density at radius 3 is 2.52 bits per heavy atom. The average Bonchev–Trinajstić information content (AvgIpc) is 3.32. The molecule has 21 heavy (non-hydrogen) atoms. The fourth-order valence-corrected chi connectivity index (χ4v) is 4.75. The van der Waals surface area contributed by atoms with E-state index in [0.29, 0.717) is 17.5 Å². The van der Waals surface area contributed by atoms with Gasteiger partial charge in [-0.2, -0.15) is 4.31 Å². The number of nitrogens with one attached hydrogen (secondary N) is 1. The molecule has 3 rings (SSSR count). The van der Waals surface area contributed by atoms with Gasteiger partial charge in [0.1, 0.15) is 0 Å². The van der Waals surface area contributed by atoms with E-state index in [2.05, 4.69) is 5.32 Å². The zero-order chi connectivity index (χ0) is 15.0. The lowest BCUT2D eigenvalue weighted by Gasteiger charge is -2.22. The summed E-state index contributed by atoms with van der Waals surface area (Å²) in [5, 5.41) is 3.46. The third-order valence-corrected chi connectivity index (χ3v) is 6.58. The Labute approximate surface area is 127 Å². The normalized spacial score (nSPS) is 19.2. The summed E-state index contributed by atoms with van der Waals surface area (Å²) in [6, 6.07) is 6.48. The zero-order valence-corrected chi connectivity index (χ0v) is 13.6. The van der Waals surface area contributed by atoms with Gasteiger partial charge in [0.05, 0.1) is 4.90 Å². The van der Waals surface area contributed by atoms with Crippen LogP contribution in [0.2, 0.25) is 0 Å². The van der Waals surface area contributed by atoms with Crippen LogP contribution in [0.15, 0.2) is 23.1 Å². The minimum atomic E-state index is -3.36. The second-order valence-electron chi connectivity index (χ2n) is 6.13. The highest BCUT2D eigenvalue weighted by Gasteiger charge is 2.37. The summed E-state index contributed by atoms with van der Waals surface area (Å²) >= 11 is 0. The van der Waals surface area contributed by atoms with E-state index in [1.807, 2.05) is 26.0 Å². The Morgan fingerprint density at radius 2 is 1.95 bits per heavy atom. The van der Waals surface area contributed by atoms with Crippen LogP contribution in [0.3, 0.4) is 0 Å². The van der Waals surface area contributed by atoms with Crippen molar-refractivity contribution in [2.24, 2.45) is 0 Å². The van der Waals surface area contributed by atoms with Crippen LogP contribution in [-0.4, -0.2) is 31.4 Å². The summed E-state index contributed by atoms with van der Waals surface area (Å²) in [6.07, 6.45) is 4.47. The monoisotopic (exact) mass is 308 g/mol. The molecule has 0 amide bonds. The summed E-state index contributed by atoms with van der Waals surface area (Å²) in [6.45, 7) is 5.16. The minimum absolute atomic E-state index is 0.215. The lowest BCUT2D eigenvalue weighted by atomic mass is 10.1. The van der Waals surface area contributed by atoms with Crippen molar-refractivity contribution in [2.75, 3.05) is 6.54 Å². The highest BCUT2D eigenvalue weighted by molar-refractivity contribution is 7.89. The van der Waals surface area contributed by atoms with Crippen molar-refractivity contribution in [1.82, 2.24) is 9.62 Å². The van der Waals surface area contributed by atoms with Crippen LogP contribution in [0.5, 0.6) is 0 Å². The van der Waals surface area contributed by atoms with E-state index < -0.39 is 10.0 Å². The number of hydrogen-bond donors (Lipinski definition) is 1. The molecule has 2 aliphatic rings. The Balaban J connectivity index is 1.87. The summed E-state index contributed by atoms with van der Waals surface area (Å²) in [5.41, 5.74) is 1.99. The molecule has 0 bridgehead atoms. The number of rotatable bonds is 7. The van der Waals surface area contributed by atoms with Crippen LogP contribution in [0, 0.1) is 6.92 Å². The topological polar surface area (TPSA) is 49.4 Å². The van der Waals surface area contributed by atoms with Gasteiger partial charge >= 0.3 is 0 Å². The Hall–Kier alpha value is -0.910. The van der Waals surface area contributed by atoms with E-state index in [0.717, 1.165) is 30.5 Å². The molecule has 2 saturated carbocycles. The summed E-state index contributed by atoms with van der Waals surface area (Å²) in [7, 11) is -3.36. The highest BCUT2D eigenvalue weighted by atomic mass is 32.2. The largest absolute Gasteiger partial charge is 0.310 e. The molecule has 0 aliphatic heterocycles. The SMILES string of the molecule is CCN(C1CC1)S(=O)(=O)c1cccc(CNC2CC2)c1C. The van der Waals surface area contributed by atoms with Gasteiger partial charge in [0, 0.05) is 25.2 Å². The van der Waals surface area contributed by atoms with E-state index in [4.69, 9.17) is 0 Å². The predicted molar refractivity (Wildman–Crippen MR) is 83.6 cm³/mol. The fourth-order valence-electron chi connectivity index (χ4n) is 2.79. The van der Waals surface area contributed by atoms with Crippen molar-refractivity contribution in [1.29, 1.82) is 0 Å². The third-order valence-electron chi connectivity index (χ3n) is 4.41. The van der Waals surface area contributed by atoms with Gasteiger partial charge in [-0.3, -0.25) is 0 Å². The molecule has 1 N–H and O–H groups in total. The molecular formula is C16H24N2O2S. The van der Waals surface area contributed by atoms with Crippen molar-refractivity contribution < 1.29 is 8.42 Å². The third kappa shape index (κ3) is 3.15. The quantitative estimate of drug-likeness (QED) is 0.841. The van der Waals surface area contributed by atoms with Gasteiger partial charge in [-0.15, -0.1) is 0 Å². The first-order chi connectivity index (χ1) is 10.0. The van der Waals surface area contributed by atoms with Gasteiger partial charge in [0.2, 0.25) is 10.0 Å². The lowest BCUT2D eigenvalue weighted by Crippen LogP contribution is -2.33. The van der Waals surface area contributed by atoms with Gasteiger partial charge in [-0.1, -0.05) is 19.1 Å². The van der Waals surface area contributed by atoms with E-state index in [1.54, 1.807) is 10.4 Å². The van der Waals surface area contributed by atoms with Crippen LogP contribution in [-0.2, 0) is 16.6 Å². The maximum absolute atomic E-state index is 12.9. The molecule has 2 fully saturated rings. The molecule has 0 saturated heterocycles. The van der Waals surface area contributed by atoms with Crippen molar-refractivity contribution in [3.8, 4) is 0 Å². The second-order valence-corrected chi connectivity index (χ2v) is 7.99. The van der Waals surface area contributed by atoms with Gasteiger partial charge in [-0.05, 0) is 49.8 Å². The zero-order valence-electron chi connectivity index (χ0n) is 12.8. The average molecular weight is 308 g/mol. The summed E-state index contributed by atoms with van der Waals surface area (Å²) < 4.78 is 27.4. The first kappa shape index (κ1) is 15.0. The van der Waals surface area contributed by atoms with Crippen LogP contribution in [0.4, 0.5) is 0 Å². The smallest absolute Gasteiger partial charge is 0.243 e. The molecule has 0 unspecified atom stereocenters. The van der Waals surface area contributed by atoms with Gasteiger partial charge in [0.15, 0.2) is 0 Å². The molecule has 0 atom stereocenters. The first-order valence-corrected chi connectivity index (χ1v) is 9.31. The van der Waals surface area contributed by atoms with E-state index in [9.17, 15) is 8.42 Å². The van der Waals surface area contributed by atoms with E-state index >= 15 is 0 Å². The number of sulfonamides is 1. The molecule has 116 valence electrons. The van der Waals surface area contributed by atoms with Gasteiger partial charge < -0.3 is 5.32 Å². The second kappa shape index (κ2) is 5.71. The molecule has 1 aromatic carbocycles. The maximum atomic E-state index is 12.9. The molecule has 0 aromatic heterocycles. The van der Waals surface area contributed by atoms with E-state index in [-0.39, 0.29) is 6.04 Å². The summed E-state index contributed by atoms with van der Waals surface area (Å²) in [5.74, 6) is 0. The van der Waals surface area contributed by atoms with E-state index in [1.165, 1.54) is 12.8 Å². The highest BCUT2D eigenvalue weighted by Crippen LogP contribution is 2.33. The van der Waals surface area contributed by atoms with Gasteiger partial charge in [0.25, 0.3) is 0 Å². The van der Waals surface area contributed by atoms with Gasteiger partial charge in [-0.25, -0.2) is 8.42 Å². The fraction of sp³-hybridized carbons (Fsp3) is 0.625. The van der Waals surface area contributed by atoms with Crippen LogP contribution < -0.4 is 5.32 Å². The van der Waals surface area contributed by atoms with Crippen LogP contribution >= 0.6 is 0 Å². The number of hydrogen-bond acceptors (Lipinski definition) is 3. The van der Waals surface area contributed by atoms with Crippen LogP contribution in [0.25, 0.3) is 0 Å². The van der Waals surface area contributed by atoms with Crippen molar-refractivity contribution in [3.05, 3.63) is 29.3 Å². The Kier molecular flexibility index (Phi) is 4.08.